The first-order chi connectivity index (χ1) is 8.69. The van der Waals surface area contributed by atoms with E-state index in [9.17, 15) is 0 Å². The van der Waals surface area contributed by atoms with Crippen molar-refractivity contribution in [1.82, 2.24) is 15.0 Å². The predicted octanol–water partition coefficient (Wildman–Crippen LogP) is 3.36. The average molecular weight is 350 g/mol. The zero-order valence-corrected chi connectivity index (χ0v) is 12.6. The molecule has 0 spiro atoms. The number of ether oxygens (including phenoxy) is 1. The molecule has 0 aliphatic rings. The van der Waals surface area contributed by atoms with E-state index in [0.29, 0.717) is 19.1 Å². The molecule has 2 heterocycles. The van der Waals surface area contributed by atoms with E-state index in [1.807, 2.05) is 18.4 Å². The maximum atomic E-state index is 5.79. The van der Waals surface area contributed by atoms with Gasteiger partial charge in [0.25, 0.3) is 0 Å². The van der Waals surface area contributed by atoms with Crippen LogP contribution in [0.5, 0.6) is 6.01 Å². The lowest BCUT2D eigenvalue weighted by molar-refractivity contribution is 0.312. The second-order valence-corrected chi connectivity index (χ2v) is 5.38. The number of rotatable bonds is 5. The molecule has 2 rings (SSSR count). The first-order valence-electron chi connectivity index (χ1n) is 5.19. The number of hydrogen-bond acceptors (Lipinski definition) is 6. The Balaban J connectivity index is 2.07. The summed E-state index contributed by atoms with van der Waals surface area (Å²) in [5, 5.41) is 5.20. The first kappa shape index (κ1) is 13.5. The molecule has 2 aromatic heterocycles. The fourth-order valence-corrected chi connectivity index (χ4v) is 2.80. The Morgan fingerprint density at radius 1 is 1.44 bits per heavy atom. The lowest BCUT2D eigenvalue weighted by atomic mass is 10.5. The molecule has 18 heavy (non-hydrogen) atoms. The number of nitrogens with zero attached hydrogens (tertiary/aromatic N) is 3. The Morgan fingerprint density at radius 3 is 2.94 bits per heavy atom. The maximum absolute atomic E-state index is 5.79. The highest BCUT2D eigenvalue weighted by Crippen LogP contribution is 2.23. The summed E-state index contributed by atoms with van der Waals surface area (Å²) in [6.07, 6.45) is 0. The van der Waals surface area contributed by atoms with Crippen LogP contribution in [-0.2, 0) is 6.54 Å². The van der Waals surface area contributed by atoms with Crippen molar-refractivity contribution in [3.63, 3.8) is 0 Å². The highest BCUT2D eigenvalue weighted by Gasteiger charge is 2.07. The normalized spacial score (nSPS) is 10.4. The minimum atomic E-state index is 0.112. The number of anilines is 1. The molecule has 0 unspecified atom stereocenters. The summed E-state index contributed by atoms with van der Waals surface area (Å²) < 4.78 is 6.26. The van der Waals surface area contributed by atoms with Crippen LogP contribution in [0.1, 0.15) is 11.8 Å². The van der Waals surface area contributed by atoms with Gasteiger partial charge in [0.2, 0.25) is 11.2 Å². The minimum absolute atomic E-state index is 0.112. The van der Waals surface area contributed by atoms with Crippen LogP contribution in [0, 0.1) is 0 Å². The van der Waals surface area contributed by atoms with Gasteiger partial charge < -0.3 is 10.1 Å². The van der Waals surface area contributed by atoms with Crippen molar-refractivity contribution in [2.24, 2.45) is 0 Å². The lowest BCUT2D eigenvalue weighted by Gasteiger charge is -2.06. The van der Waals surface area contributed by atoms with Gasteiger partial charge in [0.1, 0.15) is 0 Å². The van der Waals surface area contributed by atoms with Gasteiger partial charge in [0.15, 0.2) is 0 Å². The molecule has 0 aliphatic carbocycles. The standard InChI is InChI=1S/C10H10BrClN4OS/c1-2-17-10-15-8(12)14-9(16-10)13-5-7-6(11)3-4-18-7/h3-4H,2,5H2,1H3,(H,13,14,15,16). The van der Waals surface area contributed by atoms with Crippen LogP contribution in [-0.4, -0.2) is 21.6 Å². The Kier molecular flexibility index (Phi) is 4.73. The summed E-state index contributed by atoms with van der Waals surface area (Å²) in [6.45, 7) is 2.95. The Hall–Kier alpha value is -0.920. The highest BCUT2D eigenvalue weighted by molar-refractivity contribution is 9.10. The van der Waals surface area contributed by atoms with E-state index in [2.05, 4.69) is 36.2 Å². The minimum Gasteiger partial charge on any atom is -0.464 e. The van der Waals surface area contributed by atoms with E-state index in [0.717, 1.165) is 9.35 Å². The van der Waals surface area contributed by atoms with Crippen LogP contribution in [0.4, 0.5) is 5.95 Å². The van der Waals surface area contributed by atoms with Crippen molar-refractivity contribution in [2.45, 2.75) is 13.5 Å². The van der Waals surface area contributed by atoms with Crippen molar-refractivity contribution < 1.29 is 4.74 Å². The third kappa shape index (κ3) is 3.54. The molecule has 0 atom stereocenters. The predicted molar refractivity (Wildman–Crippen MR) is 75.4 cm³/mol. The Bertz CT molecular complexity index is 536. The second-order valence-electron chi connectivity index (χ2n) is 3.19. The number of halogens is 2. The molecule has 1 N–H and O–H groups in total. The molecule has 0 radical (unpaired) electrons. The summed E-state index contributed by atoms with van der Waals surface area (Å²) >= 11 is 10.9. The van der Waals surface area contributed by atoms with E-state index in [1.165, 1.54) is 0 Å². The van der Waals surface area contributed by atoms with Crippen molar-refractivity contribution in [2.75, 3.05) is 11.9 Å². The molecule has 0 saturated carbocycles. The number of aromatic nitrogens is 3. The van der Waals surface area contributed by atoms with Crippen molar-refractivity contribution >= 4 is 44.8 Å². The molecule has 0 aliphatic heterocycles. The third-order valence-corrected chi connectivity index (χ3v) is 4.05. The smallest absolute Gasteiger partial charge is 0.322 e. The van der Waals surface area contributed by atoms with Crippen LogP contribution in [0.25, 0.3) is 0 Å². The molecule has 5 nitrogen and oxygen atoms in total. The number of thiophene rings is 1. The van der Waals surface area contributed by atoms with Crippen LogP contribution in [0.2, 0.25) is 5.28 Å². The average Bonchev–Trinajstić information content (AvgIpc) is 2.72. The quantitative estimate of drug-likeness (QED) is 0.897. The molecule has 0 amide bonds. The van der Waals surface area contributed by atoms with E-state index < -0.39 is 0 Å². The van der Waals surface area contributed by atoms with Gasteiger partial charge in [-0.2, -0.15) is 15.0 Å². The topological polar surface area (TPSA) is 59.9 Å². The van der Waals surface area contributed by atoms with Gasteiger partial charge in [0, 0.05) is 9.35 Å². The fourth-order valence-electron chi connectivity index (χ4n) is 1.22. The molecule has 0 saturated heterocycles. The summed E-state index contributed by atoms with van der Waals surface area (Å²) in [7, 11) is 0. The van der Waals surface area contributed by atoms with Gasteiger partial charge in [-0.3, -0.25) is 0 Å². The molecule has 96 valence electrons. The maximum Gasteiger partial charge on any atom is 0.322 e. The van der Waals surface area contributed by atoms with Crippen LogP contribution in [0.3, 0.4) is 0 Å². The zero-order valence-electron chi connectivity index (χ0n) is 9.48. The Morgan fingerprint density at radius 2 is 2.28 bits per heavy atom. The fraction of sp³-hybridized carbons (Fsp3) is 0.300. The van der Waals surface area contributed by atoms with Gasteiger partial charge in [-0.05, 0) is 45.9 Å². The molecular formula is C10H10BrClN4OS. The van der Waals surface area contributed by atoms with E-state index in [-0.39, 0.29) is 11.3 Å². The lowest BCUT2D eigenvalue weighted by Crippen LogP contribution is -2.06. The van der Waals surface area contributed by atoms with Gasteiger partial charge in [0.05, 0.1) is 13.2 Å². The molecule has 0 bridgehead atoms. The SMILES string of the molecule is CCOc1nc(Cl)nc(NCc2sccc2Br)n1. The van der Waals surface area contributed by atoms with Gasteiger partial charge in [-0.15, -0.1) is 11.3 Å². The second kappa shape index (κ2) is 6.31. The molecule has 8 heteroatoms. The van der Waals surface area contributed by atoms with Gasteiger partial charge in [-0.1, -0.05) is 0 Å². The van der Waals surface area contributed by atoms with Gasteiger partial charge >= 0.3 is 6.01 Å². The number of hydrogen-bond donors (Lipinski definition) is 1. The summed E-state index contributed by atoms with van der Waals surface area (Å²) in [5.74, 6) is 0.402. The van der Waals surface area contributed by atoms with E-state index in [4.69, 9.17) is 16.3 Å². The van der Waals surface area contributed by atoms with Crippen molar-refractivity contribution in [1.29, 1.82) is 0 Å². The molecule has 2 aromatic rings. The zero-order chi connectivity index (χ0) is 13.0. The molecule has 0 fully saturated rings. The van der Waals surface area contributed by atoms with E-state index >= 15 is 0 Å². The third-order valence-electron chi connectivity index (χ3n) is 1.96. The van der Waals surface area contributed by atoms with Crippen LogP contribution >= 0.6 is 38.9 Å². The Labute approximate surface area is 122 Å². The summed E-state index contributed by atoms with van der Waals surface area (Å²) in [5.41, 5.74) is 0. The summed E-state index contributed by atoms with van der Waals surface area (Å²) in [6, 6.07) is 2.22. The van der Waals surface area contributed by atoms with Crippen molar-refractivity contribution in [3.8, 4) is 6.01 Å². The van der Waals surface area contributed by atoms with E-state index in [1.54, 1.807) is 11.3 Å². The van der Waals surface area contributed by atoms with Crippen LogP contribution in [0.15, 0.2) is 15.9 Å². The molecular weight excluding hydrogens is 340 g/mol. The summed E-state index contributed by atoms with van der Waals surface area (Å²) in [4.78, 5) is 13.1. The monoisotopic (exact) mass is 348 g/mol. The largest absolute Gasteiger partial charge is 0.464 e. The number of nitrogens with one attached hydrogen (secondary N) is 1. The molecule has 0 aromatic carbocycles. The van der Waals surface area contributed by atoms with Crippen LogP contribution < -0.4 is 10.1 Å². The van der Waals surface area contributed by atoms with Crippen molar-refractivity contribution in [3.05, 3.63) is 26.1 Å². The van der Waals surface area contributed by atoms with Gasteiger partial charge in [-0.25, -0.2) is 0 Å². The highest BCUT2D eigenvalue weighted by atomic mass is 79.9. The first-order valence-corrected chi connectivity index (χ1v) is 7.24.